The minimum atomic E-state index is -0.401. The van der Waals surface area contributed by atoms with E-state index in [2.05, 4.69) is 5.32 Å². The van der Waals surface area contributed by atoms with Crippen LogP contribution in [0.5, 0.6) is 17.2 Å². The van der Waals surface area contributed by atoms with Crippen LogP contribution in [-0.2, 0) is 4.79 Å². The van der Waals surface area contributed by atoms with E-state index in [1.54, 1.807) is 24.7 Å². The quantitative estimate of drug-likeness (QED) is 0.776. The lowest BCUT2D eigenvalue weighted by Gasteiger charge is -2.14. The molecule has 0 saturated carbocycles. The first kappa shape index (κ1) is 14.9. The van der Waals surface area contributed by atoms with Gasteiger partial charge in [-0.1, -0.05) is 12.1 Å². The zero-order chi connectivity index (χ0) is 17.5. The topological polar surface area (TPSA) is 69.9 Å². The molecular formula is C20H15NO5. The first-order valence-corrected chi connectivity index (χ1v) is 8.28. The van der Waals surface area contributed by atoms with Gasteiger partial charge in [0, 0.05) is 17.3 Å². The van der Waals surface area contributed by atoms with Crippen molar-refractivity contribution in [2.45, 2.75) is 5.92 Å². The molecule has 2 aliphatic heterocycles. The Bertz CT molecular complexity index is 980. The van der Waals surface area contributed by atoms with E-state index in [0.717, 1.165) is 22.4 Å². The molecule has 0 radical (unpaired) electrons. The number of hydrogen-bond acceptors (Lipinski definition) is 5. The van der Waals surface area contributed by atoms with Crippen LogP contribution in [0.25, 0.3) is 11.1 Å². The van der Waals surface area contributed by atoms with Gasteiger partial charge in [-0.05, 0) is 35.4 Å². The number of carbonyl (C=O) groups is 1. The van der Waals surface area contributed by atoms with Gasteiger partial charge in [0.25, 0.3) is 0 Å². The summed E-state index contributed by atoms with van der Waals surface area (Å²) in [6.07, 6.45) is 3.30. The highest BCUT2D eigenvalue weighted by molar-refractivity contribution is 6.05. The molecule has 2 aromatic carbocycles. The molecule has 26 heavy (non-hydrogen) atoms. The zero-order valence-corrected chi connectivity index (χ0v) is 13.7. The van der Waals surface area contributed by atoms with E-state index in [-0.39, 0.29) is 19.3 Å². The first-order chi connectivity index (χ1) is 12.8. The van der Waals surface area contributed by atoms with Crippen molar-refractivity contribution in [2.75, 3.05) is 18.7 Å². The molecule has 0 aliphatic carbocycles. The number of furan rings is 1. The summed E-state index contributed by atoms with van der Waals surface area (Å²) >= 11 is 0. The fourth-order valence-corrected chi connectivity index (χ4v) is 3.38. The highest BCUT2D eigenvalue weighted by atomic mass is 16.7. The van der Waals surface area contributed by atoms with Crippen molar-refractivity contribution in [1.82, 2.24) is 0 Å². The van der Waals surface area contributed by atoms with Crippen molar-refractivity contribution < 1.29 is 23.4 Å². The Morgan fingerprint density at radius 2 is 2.04 bits per heavy atom. The molecule has 3 aromatic rings. The highest BCUT2D eigenvalue weighted by Gasteiger charge is 2.34. The molecule has 130 valence electrons. The van der Waals surface area contributed by atoms with Crippen LogP contribution in [0.4, 0.5) is 5.69 Å². The van der Waals surface area contributed by atoms with E-state index in [1.807, 2.05) is 30.3 Å². The number of hydrogen-bond donors (Lipinski definition) is 1. The van der Waals surface area contributed by atoms with Crippen LogP contribution in [-0.4, -0.2) is 19.3 Å². The number of anilines is 1. The lowest BCUT2D eigenvalue weighted by molar-refractivity contribution is -0.117. The van der Waals surface area contributed by atoms with Crippen LogP contribution >= 0.6 is 0 Å². The number of fused-ring (bicyclic) bond motifs is 2. The summed E-state index contributed by atoms with van der Waals surface area (Å²) in [6.45, 7) is 0.443. The van der Waals surface area contributed by atoms with Crippen LogP contribution < -0.4 is 19.5 Å². The highest BCUT2D eigenvalue weighted by Crippen LogP contribution is 2.41. The Hall–Kier alpha value is -3.41. The van der Waals surface area contributed by atoms with Gasteiger partial charge in [0.2, 0.25) is 12.7 Å². The molecule has 6 heteroatoms. The van der Waals surface area contributed by atoms with Gasteiger partial charge < -0.3 is 23.9 Å². The summed E-state index contributed by atoms with van der Waals surface area (Å²) in [4.78, 5) is 12.5. The third-order valence-electron chi connectivity index (χ3n) is 4.62. The Kier molecular flexibility index (Phi) is 3.35. The molecule has 0 bridgehead atoms. The number of amides is 1. The van der Waals surface area contributed by atoms with E-state index in [0.29, 0.717) is 17.2 Å². The molecule has 0 fully saturated rings. The maximum absolute atomic E-state index is 12.5. The number of ether oxygens (including phenoxy) is 3. The summed E-state index contributed by atoms with van der Waals surface area (Å²) in [5.74, 6) is 1.51. The predicted octanol–water partition coefficient (Wildman–Crippen LogP) is 3.79. The molecular weight excluding hydrogens is 334 g/mol. The van der Waals surface area contributed by atoms with Gasteiger partial charge in [0.05, 0.1) is 18.4 Å². The van der Waals surface area contributed by atoms with Gasteiger partial charge in [0.15, 0.2) is 11.5 Å². The second-order valence-electron chi connectivity index (χ2n) is 6.15. The van der Waals surface area contributed by atoms with Crippen LogP contribution in [0, 0.1) is 0 Å². The maximum atomic E-state index is 12.5. The van der Waals surface area contributed by atoms with E-state index in [1.165, 1.54) is 0 Å². The van der Waals surface area contributed by atoms with E-state index >= 15 is 0 Å². The van der Waals surface area contributed by atoms with Crippen molar-refractivity contribution in [1.29, 1.82) is 0 Å². The molecule has 2 aliphatic rings. The van der Waals surface area contributed by atoms with Gasteiger partial charge in [-0.25, -0.2) is 0 Å². The predicted molar refractivity (Wildman–Crippen MR) is 93.6 cm³/mol. The van der Waals surface area contributed by atoms with E-state index < -0.39 is 5.92 Å². The Morgan fingerprint density at radius 3 is 2.92 bits per heavy atom. The summed E-state index contributed by atoms with van der Waals surface area (Å²) in [5.41, 5.74) is 3.65. The van der Waals surface area contributed by atoms with Crippen LogP contribution in [0.15, 0.2) is 59.4 Å². The summed E-state index contributed by atoms with van der Waals surface area (Å²) in [7, 11) is 0. The number of rotatable bonds is 4. The van der Waals surface area contributed by atoms with Crippen molar-refractivity contribution >= 4 is 11.6 Å². The van der Waals surface area contributed by atoms with Gasteiger partial charge in [-0.2, -0.15) is 0 Å². The molecule has 1 unspecified atom stereocenters. The standard InChI is InChI=1S/C20H15NO5/c22-20-15(10-24-13-4-5-17-18(8-13)26-11-25-17)19-14(12-6-7-23-9-12)2-1-3-16(19)21-20/h1-9,15H,10-11H2,(H,21,22). The minimum absolute atomic E-state index is 0.0725. The molecule has 1 atom stereocenters. The van der Waals surface area contributed by atoms with Crippen molar-refractivity contribution in [3.63, 3.8) is 0 Å². The van der Waals surface area contributed by atoms with E-state index in [4.69, 9.17) is 18.6 Å². The molecule has 3 heterocycles. The van der Waals surface area contributed by atoms with Crippen molar-refractivity contribution in [3.8, 4) is 28.4 Å². The summed E-state index contributed by atoms with van der Waals surface area (Å²) in [5, 5.41) is 2.93. The lowest BCUT2D eigenvalue weighted by atomic mass is 9.93. The third-order valence-corrected chi connectivity index (χ3v) is 4.62. The van der Waals surface area contributed by atoms with Gasteiger partial charge in [-0.3, -0.25) is 4.79 Å². The first-order valence-electron chi connectivity index (χ1n) is 8.28. The SMILES string of the molecule is O=C1Nc2cccc(-c3ccoc3)c2C1COc1ccc2c(c1)OCO2. The number of nitrogens with one attached hydrogen (secondary N) is 1. The lowest BCUT2D eigenvalue weighted by Crippen LogP contribution is -2.19. The van der Waals surface area contributed by atoms with Gasteiger partial charge in [-0.15, -0.1) is 0 Å². The van der Waals surface area contributed by atoms with Gasteiger partial charge in [0.1, 0.15) is 12.4 Å². The molecule has 0 saturated heterocycles. The van der Waals surface area contributed by atoms with Crippen LogP contribution in [0.2, 0.25) is 0 Å². The normalized spacial score (nSPS) is 17.1. The Balaban J connectivity index is 1.43. The monoisotopic (exact) mass is 349 g/mol. The zero-order valence-electron chi connectivity index (χ0n) is 13.7. The van der Waals surface area contributed by atoms with Crippen LogP contribution in [0.1, 0.15) is 11.5 Å². The van der Waals surface area contributed by atoms with Crippen molar-refractivity contribution in [2.24, 2.45) is 0 Å². The average Bonchev–Trinajstić information content (AvgIpc) is 3.39. The second-order valence-corrected chi connectivity index (χ2v) is 6.15. The van der Waals surface area contributed by atoms with E-state index in [9.17, 15) is 4.79 Å². The summed E-state index contributed by atoms with van der Waals surface area (Å²) < 4.78 is 21.8. The molecule has 1 aromatic heterocycles. The minimum Gasteiger partial charge on any atom is -0.492 e. The number of benzene rings is 2. The Labute approximate surface area is 149 Å². The average molecular weight is 349 g/mol. The molecule has 6 nitrogen and oxygen atoms in total. The molecule has 0 spiro atoms. The number of carbonyl (C=O) groups excluding carboxylic acids is 1. The fourth-order valence-electron chi connectivity index (χ4n) is 3.38. The third kappa shape index (κ3) is 2.38. The molecule has 1 N–H and O–H groups in total. The van der Waals surface area contributed by atoms with Crippen LogP contribution in [0.3, 0.4) is 0 Å². The summed E-state index contributed by atoms with van der Waals surface area (Å²) in [6, 6.07) is 13.1. The largest absolute Gasteiger partial charge is 0.492 e. The van der Waals surface area contributed by atoms with Crippen molar-refractivity contribution in [3.05, 3.63) is 60.6 Å². The van der Waals surface area contributed by atoms with Gasteiger partial charge >= 0.3 is 0 Å². The second kappa shape index (κ2) is 5.84. The maximum Gasteiger partial charge on any atom is 0.235 e. The molecule has 5 rings (SSSR count). The smallest absolute Gasteiger partial charge is 0.235 e. The molecule has 1 amide bonds. The fraction of sp³-hybridized carbons (Fsp3) is 0.150. The Morgan fingerprint density at radius 1 is 1.12 bits per heavy atom.